The molecule has 0 spiro atoms. The third-order valence-electron chi connectivity index (χ3n) is 3.23. The summed E-state index contributed by atoms with van der Waals surface area (Å²) < 4.78 is 10.5. The van der Waals surface area contributed by atoms with E-state index in [1.165, 1.54) is 5.56 Å². The highest BCUT2D eigenvalue weighted by Gasteiger charge is 2.14. The average Bonchev–Trinajstić information content (AvgIpc) is 2.98. The van der Waals surface area contributed by atoms with Crippen LogP contribution in [0.15, 0.2) is 47.0 Å². The van der Waals surface area contributed by atoms with E-state index in [9.17, 15) is 0 Å². The van der Waals surface area contributed by atoms with Crippen LogP contribution in [-0.4, -0.2) is 17.3 Å². The monoisotopic (exact) mass is 281 g/mol. The van der Waals surface area contributed by atoms with Gasteiger partial charge in [-0.1, -0.05) is 35.0 Å². The average molecular weight is 281 g/mol. The summed E-state index contributed by atoms with van der Waals surface area (Å²) >= 11 is 0. The second-order valence-electron chi connectivity index (χ2n) is 4.74. The second kappa shape index (κ2) is 5.28. The van der Waals surface area contributed by atoms with E-state index in [0.717, 1.165) is 5.56 Å². The molecule has 0 atom stereocenters. The number of ether oxygens (including phenoxy) is 1. The van der Waals surface area contributed by atoms with Crippen LogP contribution < -0.4 is 10.5 Å². The minimum absolute atomic E-state index is 0.377. The molecule has 0 unspecified atom stereocenters. The first-order valence-electron chi connectivity index (χ1n) is 6.52. The summed E-state index contributed by atoms with van der Waals surface area (Å²) in [6, 6.07) is 13.2. The fraction of sp³-hybridized carbons (Fsp3) is 0.125. The molecule has 2 aromatic carbocycles. The van der Waals surface area contributed by atoms with Gasteiger partial charge in [-0.15, -0.1) is 0 Å². The smallest absolute Gasteiger partial charge is 0.260 e. The van der Waals surface area contributed by atoms with Crippen molar-refractivity contribution in [3.8, 4) is 28.6 Å². The maximum absolute atomic E-state index is 5.96. The van der Waals surface area contributed by atoms with Crippen molar-refractivity contribution >= 4 is 5.69 Å². The quantitative estimate of drug-likeness (QED) is 0.745. The van der Waals surface area contributed by atoms with Crippen molar-refractivity contribution in [2.45, 2.75) is 6.92 Å². The van der Waals surface area contributed by atoms with Crippen molar-refractivity contribution in [3.05, 3.63) is 48.0 Å². The highest BCUT2D eigenvalue weighted by atomic mass is 16.5. The van der Waals surface area contributed by atoms with Crippen LogP contribution in [0.4, 0.5) is 5.69 Å². The summed E-state index contributed by atoms with van der Waals surface area (Å²) in [6.07, 6.45) is 0. The lowest BCUT2D eigenvalue weighted by molar-refractivity contribution is 0.413. The van der Waals surface area contributed by atoms with Gasteiger partial charge < -0.3 is 15.0 Å². The van der Waals surface area contributed by atoms with Gasteiger partial charge in [0.2, 0.25) is 5.82 Å². The molecular weight excluding hydrogens is 266 g/mol. The van der Waals surface area contributed by atoms with Gasteiger partial charge in [0.05, 0.1) is 12.7 Å². The number of rotatable bonds is 3. The third-order valence-corrected chi connectivity index (χ3v) is 3.23. The second-order valence-corrected chi connectivity index (χ2v) is 4.74. The Bertz CT molecular complexity index is 763. The summed E-state index contributed by atoms with van der Waals surface area (Å²) in [5, 5.41) is 4.01. The van der Waals surface area contributed by atoms with Gasteiger partial charge in [-0.25, -0.2) is 0 Å². The zero-order valence-corrected chi connectivity index (χ0v) is 11.8. The number of nitrogens with zero attached hydrogens (tertiary/aromatic N) is 2. The topological polar surface area (TPSA) is 74.2 Å². The number of aryl methyl sites for hydroxylation is 1. The minimum atomic E-state index is 0.377. The molecule has 0 aliphatic heterocycles. The zero-order valence-electron chi connectivity index (χ0n) is 11.8. The molecule has 0 amide bonds. The molecule has 0 fully saturated rings. The first-order chi connectivity index (χ1) is 10.2. The fourth-order valence-corrected chi connectivity index (χ4v) is 2.00. The van der Waals surface area contributed by atoms with E-state index >= 15 is 0 Å². The molecule has 1 aromatic heterocycles. The summed E-state index contributed by atoms with van der Waals surface area (Å²) in [6.45, 7) is 2.03. The van der Waals surface area contributed by atoms with Gasteiger partial charge in [-0.05, 0) is 25.1 Å². The largest absolute Gasteiger partial charge is 0.497 e. The SMILES string of the molecule is COc1ccc(N)c(-c2nc(-c3ccc(C)cc3)no2)c1. The lowest BCUT2D eigenvalue weighted by atomic mass is 10.1. The molecule has 5 nitrogen and oxygen atoms in total. The standard InChI is InChI=1S/C16H15N3O2/c1-10-3-5-11(6-4-10)15-18-16(21-19-15)13-9-12(20-2)7-8-14(13)17/h3-9H,17H2,1-2H3. The third kappa shape index (κ3) is 2.58. The Morgan fingerprint density at radius 3 is 2.57 bits per heavy atom. The van der Waals surface area contributed by atoms with Crippen LogP contribution in [0.3, 0.4) is 0 Å². The number of anilines is 1. The Labute approximate surface area is 122 Å². The van der Waals surface area contributed by atoms with Gasteiger partial charge >= 0.3 is 0 Å². The lowest BCUT2D eigenvalue weighted by Crippen LogP contribution is -1.92. The van der Waals surface area contributed by atoms with Crippen LogP contribution >= 0.6 is 0 Å². The van der Waals surface area contributed by atoms with Crippen LogP contribution in [0.1, 0.15) is 5.56 Å². The van der Waals surface area contributed by atoms with Crippen molar-refractivity contribution in [2.75, 3.05) is 12.8 Å². The molecule has 5 heteroatoms. The number of methoxy groups -OCH3 is 1. The number of benzene rings is 2. The van der Waals surface area contributed by atoms with Crippen LogP contribution in [0, 0.1) is 6.92 Å². The Kier molecular flexibility index (Phi) is 3.31. The first kappa shape index (κ1) is 13.2. The fourth-order valence-electron chi connectivity index (χ4n) is 2.00. The number of hydrogen-bond acceptors (Lipinski definition) is 5. The highest BCUT2D eigenvalue weighted by Crippen LogP contribution is 2.30. The number of nitrogens with two attached hydrogens (primary N) is 1. The highest BCUT2D eigenvalue weighted by molar-refractivity contribution is 5.73. The minimum Gasteiger partial charge on any atom is -0.497 e. The molecule has 3 rings (SSSR count). The van der Waals surface area contributed by atoms with E-state index in [1.54, 1.807) is 25.3 Å². The zero-order chi connectivity index (χ0) is 14.8. The molecular formula is C16H15N3O2. The molecule has 0 bridgehead atoms. The van der Waals surface area contributed by atoms with Gasteiger partial charge in [0.25, 0.3) is 5.89 Å². The van der Waals surface area contributed by atoms with E-state index < -0.39 is 0 Å². The number of aromatic nitrogens is 2. The van der Waals surface area contributed by atoms with Crippen molar-refractivity contribution in [1.29, 1.82) is 0 Å². The first-order valence-corrected chi connectivity index (χ1v) is 6.52. The van der Waals surface area contributed by atoms with Crippen LogP contribution in [0.25, 0.3) is 22.8 Å². The van der Waals surface area contributed by atoms with Gasteiger partial charge in [-0.3, -0.25) is 0 Å². The van der Waals surface area contributed by atoms with Gasteiger partial charge in [0.1, 0.15) is 5.75 Å². The van der Waals surface area contributed by atoms with Gasteiger partial charge in [0, 0.05) is 11.3 Å². The summed E-state index contributed by atoms with van der Waals surface area (Å²) in [5.41, 5.74) is 9.27. The maximum atomic E-state index is 5.96. The lowest BCUT2D eigenvalue weighted by Gasteiger charge is -2.03. The van der Waals surface area contributed by atoms with E-state index in [4.69, 9.17) is 15.0 Å². The molecule has 0 saturated heterocycles. The molecule has 0 aliphatic carbocycles. The molecule has 0 radical (unpaired) electrons. The van der Waals surface area contributed by atoms with Crippen LogP contribution in [0.5, 0.6) is 5.75 Å². The van der Waals surface area contributed by atoms with Crippen molar-refractivity contribution in [2.24, 2.45) is 0 Å². The van der Waals surface area contributed by atoms with E-state index in [2.05, 4.69) is 10.1 Å². The summed E-state index contributed by atoms with van der Waals surface area (Å²) in [5.74, 6) is 1.60. The molecule has 2 N–H and O–H groups in total. The molecule has 0 aliphatic rings. The van der Waals surface area contributed by atoms with E-state index in [-0.39, 0.29) is 0 Å². The summed E-state index contributed by atoms with van der Waals surface area (Å²) in [4.78, 5) is 4.40. The Morgan fingerprint density at radius 1 is 1.10 bits per heavy atom. The molecule has 3 aromatic rings. The molecule has 21 heavy (non-hydrogen) atoms. The Hall–Kier alpha value is -2.82. The predicted octanol–water partition coefficient (Wildman–Crippen LogP) is 3.30. The van der Waals surface area contributed by atoms with Gasteiger partial charge in [0.15, 0.2) is 0 Å². The maximum Gasteiger partial charge on any atom is 0.260 e. The van der Waals surface area contributed by atoms with Crippen molar-refractivity contribution in [1.82, 2.24) is 10.1 Å². The predicted molar refractivity (Wildman–Crippen MR) is 80.9 cm³/mol. The van der Waals surface area contributed by atoms with Crippen LogP contribution in [-0.2, 0) is 0 Å². The Balaban J connectivity index is 2.00. The summed E-state index contributed by atoms with van der Waals surface area (Å²) in [7, 11) is 1.60. The number of nitrogen functional groups attached to an aromatic ring is 1. The molecule has 0 saturated carbocycles. The Morgan fingerprint density at radius 2 is 1.86 bits per heavy atom. The normalized spacial score (nSPS) is 10.6. The molecule has 1 heterocycles. The van der Waals surface area contributed by atoms with Crippen LogP contribution in [0.2, 0.25) is 0 Å². The van der Waals surface area contributed by atoms with Crippen molar-refractivity contribution < 1.29 is 9.26 Å². The van der Waals surface area contributed by atoms with Gasteiger partial charge in [-0.2, -0.15) is 4.98 Å². The van der Waals surface area contributed by atoms with Crippen molar-refractivity contribution in [3.63, 3.8) is 0 Å². The molecule has 106 valence electrons. The van der Waals surface area contributed by atoms with E-state index in [0.29, 0.717) is 28.7 Å². The number of hydrogen-bond donors (Lipinski definition) is 1. The van der Waals surface area contributed by atoms with E-state index in [1.807, 2.05) is 31.2 Å².